The smallest absolute Gasteiger partial charge is 0.221 e. The van der Waals surface area contributed by atoms with Crippen LogP contribution in [0.1, 0.15) is 58.8 Å². The van der Waals surface area contributed by atoms with Crippen LogP contribution < -0.4 is 4.74 Å². The third-order valence-electron chi connectivity index (χ3n) is 10.5. The number of benzene rings is 1. The SMILES string of the molecule is CC12CCC(=O)C=C1CCC1C2C(O)CC2(C)C1CC[C@]2(O)C(=O)COc1nccc2ccccc12. The zero-order chi connectivity index (χ0) is 25.3. The number of allylic oxidation sites excluding steroid dienone is 1. The van der Waals surface area contributed by atoms with Gasteiger partial charge in [-0.3, -0.25) is 9.59 Å². The molecule has 7 atom stereocenters. The monoisotopic (exact) mass is 489 g/mol. The van der Waals surface area contributed by atoms with Crippen molar-refractivity contribution in [2.75, 3.05) is 6.61 Å². The summed E-state index contributed by atoms with van der Waals surface area (Å²) in [4.78, 5) is 30.0. The number of fused-ring (bicyclic) bond motifs is 6. The van der Waals surface area contributed by atoms with E-state index in [0.717, 1.165) is 36.5 Å². The van der Waals surface area contributed by atoms with E-state index in [1.165, 1.54) is 5.57 Å². The number of nitrogens with zero attached hydrogens (tertiary/aromatic N) is 1. The van der Waals surface area contributed by atoms with Gasteiger partial charge in [0.15, 0.2) is 12.4 Å². The molecular weight excluding hydrogens is 454 g/mol. The van der Waals surface area contributed by atoms with Crippen molar-refractivity contribution in [3.8, 4) is 5.88 Å². The molecule has 6 nitrogen and oxygen atoms in total. The van der Waals surface area contributed by atoms with Gasteiger partial charge in [0, 0.05) is 23.4 Å². The normalized spacial score (nSPS) is 39.7. The second kappa shape index (κ2) is 8.22. The maximum absolute atomic E-state index is 13.6. The van der Waals surface area contributed by atoms with Crippen LogP contribution in [-0.2, 0) is 9.59 Å². The molecule has 6 unspecified atom stereocenters. The summed E-state index contributed by atoms with van der Waals surface area (Å²) in [7, 11) is 0. The van der Waals surface area contributed by atoms with Gasteiger partial charge >= 0.3 is 0 Å². The van der Waals surface area contributed by atoms with Crippen LogP contribution in [0.5, 0.6) is 5.88 Å². The molecule has 36 heavy (non-hydrogen) atoms. The molecule has 4 aliphatic rings. The summed E-state index contributed by atoms with van der Waals surface area (Å²) in [6.07, 6.45) is 7.41. The van der Waals surface area contributed by atoms with E-state index in [1.807, 2.05) is 43.3 Å². The minimum atomic E-state index is -1.55. The fourth-order valence-corrected chi connectivity index (χ4v) is 8.61. The van der Waals surface area contributed by atoms with Gasteiger partial charge in [0.05, 0.1) is 6.10 Å². The lowest BCUT2D eigenvalue weighted by atomic mass is 9.45. The van der Waals surface area contributed by atoms with E-state index in [2.05, 4.69) is 11.9 Å². The van der Waals surface area contributed by atoms with Crippen molar-refractivity contribution in [1.29, 1.82) is 0 Å². The number of aliphatic hydroxyl groups is 2. The van der Waals surface area contributed by atoms with Gasteiger partial charge in [0.2, 0.25) is 11.7 Å². The van der Waals surface area contributed by atoms with Gasteiger partial charge in [-0.05, 0) is 85.3 Å². The van der Waals surface area contributed by atoms with Crippen LogP contribution >= 0.6 is 0 Å². The Labute approximate surface area is 211 Å². The van der Waals surface area contributed by atoms with E-state index < -0.39 is 17.1 Å². The minimum Gasteiger partial charge on any atom is -0.469 e. The van der Waals surface area contributed by atoms with E-state index >= 15 is 0 Å². The maximum atomic E-state index is 13.6. The molecule has 0 amide bonds. The minimum absolute atomic E-state index is 0.0530. The first-order valence-electron chi connectivity index (χ1n) is 13.3. The molecule has 6 rings (SSSR count). The number of hydrogen-bond donors (Lipinski definition) is 2. The second-order valence-corrected chi connectivity index (χ2v) is 12.0. The predicted octanol–water partition coefficient (Wildman–Crippen LogP) is 4.42. The van der Waals surface area contributed by atoms with Gasteiger partial charge in [0.1, 0.15) is 5.60 Å². The molecule has 190 valence electrons. The summed E-state index contributed by atoms with van der Waals surface area (Å²) < 4.78 is 5.89. The Morgan fingerprint density at radius 3 is 2.78 bits per heavy atom. The molecule has 1 aromatic heterocycles. The lowest BCUT2D eigenvalue weighted by molar-refractivity contribution is -0.181. The molecule has 1 heterocycles. The number of pyridine rings is 1. The van der Waals surface area contributed by atoms with Gasteiger partial charge in [-0.1, -0.05) is 37.6 Å². The van der Waals surface area contributed by atoms with E-state index in [9.17, 15) is 19.8 Å². The Morgan fingerprint density at radius 1 is 1.14 bits per heavy atom. The third-order valence-corrected chi connectivity index (χ3v) is 10.5. The van der Waals surface area contributed by atoms with Gasteiger partial charge in [-0.2, -0.15) is 0 Å². The molecule has 2 N–H and O–H groups in total. The number of ketones is 2. The number of Topliss-reactive ketones (excluding diaryl/α,β-unsaturated/α-hetero) is 1. The highest BCUT2D eigenvalue weighted by atomic mass is 16.5. The van der Waals surface area contributed by atoms with E-state index in [4.69, 9.17) is 4.74 Å². The molecule has 0 aliphatic heterocycles. The van der Waals surface area contributed by atoms with Crippen molar-refractivity contribution in [3.63, 3.8) is 0 Å². The lowest BCUT2D eigenvalue weighted by Crippen LogP contribution is -2.62. The van der Waals surface area contributed by atoms with E-state index in [1.54, 1.807) is 6.20 Å². The Bertz CT molecular complexity index is 1270. The highest BCUT2D eigenvalue weighted by Crippen LogP contribution is 2.67. The van der Waals surface area contributed by atoms with Crippen molar-refractivity contribution in [3.05, 3.63) is 48.2 Å². The first-order valence-corrected chi connectivity index (χ1v) is 13.3. The average Bonchev–Trinajstić information content (AvgIpc) is 3.13. The first kappa shape index (κ1) is 23.8. The zero-order valence-electron chi connectivity index (χ0n) is 21.1. The Balaban J connectivity index is 1.26. The Morgan fingerprint density at radius 2 is 1.94 bits per heavy atom. The van der Waals surface area contributed by atoms with Crippen LogP contribution in [0.2, 0.25) is 0 Å². The van der Waals surface area contributed by atoms with Crippen molar-refractivity contribution >= 4 is 22.3 Å². The topological polar surface area (TPSA) is 96.7 Å². The lowest BCUT2D eigenvalue weighted by Gasteiger charge is -2.60. The van der Waals surface area contributed by atoms with Gasteiger partial charge < -0.3 is 14.9 Å². The fraction of sp³-hybridized carbons (Fsp3) is 0.567. The fourth-order valence-electron chi connectivity index (χ4n) is 8.61. The molecule has 0 radical (unpaired) electrons. The van der Waals surface area contributed by atoms with Crippen LogP contribution in [0, 0.1) is 28.6 Å². The molecule has 0 bridgehead atoms. The molecule has 2 aromatic rings. The predicted molar refractivity (Wildman–Crippen MR) is 135 cm³/mol. The largest absolute Gasteiger partial charge is 0.469 e. The highest BCUT2D eigenvalue weighted by Gasteiger charge is 2.68. The molecule has 4 aliphatic carbocycles. The number of carbonyl (C=O) groups is 2. The van der Waals surface area contributed by atoms with Crippen molar-refractivity contribution < 1.29 is 24.5 Å². The number of carbonyl (C=O) groups excluding carboxylic acids is 2. The summed E-state index contributed by atoms with van der Waals surface area (Å²) in [5.41, 5.74) is -1.27. The van der Waals surface area contributed by atoms with Gasteiger partial charge in [0.25, 0.3) is 0 Å². The molecule has 1 aromatic carbocycles. The standard InChI is InChI=1S/C30H35NO5/c1-28-12-9-20(32)15-19(28)7-8-22-23-10-13-30(35,29(23,2)16-24(33)26(22)28)25(34)17-36-27-21-6-4-3-5-18(21)11-14-31-27/h3-6,11,14-15,22-24,26,33,35H,7-10,12-13,16-17H2,1-2H3/t22?,23?,24?,26?,28?,29?,30-/m0/s1. The number of aliphatic hydroxyl groups excluding tert-OH is 1. The van der Waals surface area contributed by atoms with Crippen LogP contribution in [-0.4, -0.2) is 45.1 Å². The number of aromatic nitrogens is 1. The summed E-state index contributed by atoms with van der Waals surface area (Å²) in [5.74, 6) is 0.663. The maximum Gasteiger partial charge on any atom is 0.221 e. The number of ether oxygens (including phenoxy) is 1. The number of hydrogen-bond acceptors (Lipinski definition) is 6. The summed E-state index contributed by atoms with van der Waals surface area (Å²) >= 11 is 0. The first-order chi connectivity index (χ1) is 17.2. The van der Waals surface area contributed by atoms with Crippen molar-refractivity contribution in [1.82, 2.24) is 4.98 Å². The molecule has 0 spiro atoms. The highest BCUT2D eigenvalue weighted by molar-refractivity contribution is 5.92. The summed E-state index contributed by atoms with van der Waals surface area (Å²) in [5, 5.41) is 25.3. The van der Waals surface area contributed by atoms with E-state index in [-0.39, 0.29) is 41.3 Å². The van der Waals surface area contributed by atoms with Gasteiger partial charge in [-0.15, -0.1) is 0 Å². The Kier molecular flexibility index (Phi) is 5.44. The molecular formula is C30H35NO5. The summed E-state index contributed by atoms with van der Waals surface area (Å²) in [6, 6.07) is 9.62. The second-order valence-electron chi connectivity index (χ2n) is 12.0. The molecule has 3 saturated carbocycles. The van der Waals surface area contributed by atoms with Gasteiger partial charge in [-0.25, -0.2) is 4.98 Å². The Hall–Kier alpha value is -2.57. The quantitative estimate of drug-likeness (QED) is 0.660. The third kappa shape index (κ3) is 3.26. The summed E-state index contributed by atoms with van der Waals surface area (Å²) in [6.45, 7) is 3.96. The average molecular weight is 490 g/mol. The van der Waals surface area contributed by atoms with Crippen LogP contribution in [0.15, 0.2) is 48.2 Å². The number of rotatable bonds is 4. The van der Waals surface area contributed by atoms with Crippen LogP contribution in [0.4, 0.5) is 0 Å². The van der Waals surface area contributed by atoms with Crippen molar-refractivity contribution in [2.24, 2.45) is 28.6 Å². The zero-order valence-corrected chi connectivity index (χ0v) is 21.1. The van der Waals surface area contributed by atoms with Crippen LogP contribution in [0.3, 0.4) is 0 Å². The van der Waals surface area contributed by atoms with Crippen molar-refractivity contribution in [2.45, 2.75) is 70.5 Å². The molecule has 3 fully saturated rings. The molecule has 0 saturated heterocycles. The van der Waals surface area contributed by atoms with E-state index in [0.29, 0.717) is 25.1 Å². The molecule has 6 heteroatoms. The van der Waals surface area contributed by atoms with Crippen LogP contribution in [0.25, 0.3) is 10.8 Å².